The van der Waals surface area contributed by atoms with E-state index in [4.69, 9.17) is 9.47 Å². The van der Waals surface area contributed by atoms with Crippen LogP contribution in [0.1, 0.15) is 57.4 Å². The zero-order valence-electron chi connectivity index (χ0n) is 18.9. The lowest BCUT2D eigenvalue weighted by atomic mass is 9.53. The molecule has 0 radical (unpaired) electrons. The number of fused-ring (bicyclic) bond motifs is 3. The molecule has 1 spiro atoms. The second kappa shape index (κ2) is 7.59. The summed E-state index contributed by atoms with van der Waals surface area (Å²) in [4.78, 5) is 15.5. The molecule has 6 unspecified atom stereocenters. The first-order valence-corrected chi connectivity index (χ1v) is 12.7. The van der Waals surface area contributed by atoms with E-state index in [1.165, 1.54) is 44.1 Å². The quantitative estimate of drug-likeness (QED) is 0.529. The Bertz CT molecular complexity index is 813. The highest BCUT2D eigenvalue weighted by molar-refractivity contribution is 5.75. The topological polar surface area (TPSA) is 42.1 Å². The summed E-state index contributed by atoms with van der Waals surface area (Å²) < 4.78 is 12.1. The van der Waals surface area contributed by atoms with E-state index in [1.54, 1.807) is 0 Å². The maximum atomic E-state index is 12.9. The van der Waals surface area contributed by atoms with E-state index < -0.39 is 0 Å². The van der Waals surface area contributed by atoms with Crippen molar-refractivity contribution in [2.45, 2.75) is 70.0 Å². The van der Waals surface area contributed by atoms with Crippen LogP contribution in [-0.2, 0) is 20.7 Å². The Morgan fingerprint density at radius 3 is 2.65 bits per heavy atom. The van der Waals surface area contributed by atoms with Gasteiger partial charge in [0.2, 0.25) is 0 Å². The first-order chi connectivity index (χ1) is 15.0. The van der Waals surface area contributed by atoms with Gasteiger partial charge in [-0.25, -0.2) is 0 Å². The highest BCUT2D eigenvalue weighted by atomic mass is 16.6. The van der Waals surface area contributed by atoms with Gasteiger partial charge in [-0.3, -0.25) is 4.79 Å². The normalized spacial score (nSPS) is 42.8. The molecule has 4 heteroatoms. The zero-order chi connectivity index (χ0) is 21.1. The van der Waals surface area contributed by atoms with Gasteiger partial charge in [-0.15, -0.1) is 0 Å². The molecule has 31 heavy (non-hydrogen) atoms. The molecule has 3 saturated heterocycles. The van der Waals surface area contributed by atoms with Gasteiger partial charge in [0.05, 0.1) is 18.1 Å². The molecule has 5 aliphatic rings. The highest BCUT2D eigenvalue weighted by Gasteiger charge is 2.65. The number of hydrogen-bond acceptors (Lipinski definition) is 4. The Hall–Kier alpha value is -1.39. The number of likely N-dealkylation sites (tertiary alicyclic amines) is 1. The molecule has 1 aromatic rings. The van der Waals surface area contributed by atoms with Crippen molar-refractivity contribution in [3.8, 4) is 0 Å². The van der Waals surface area contributed by atoms with Gasteiger partial charge in [0, 0.05) is 12.5 Å². The van der Waals surface area contributed by atoms with Gasteiger partial charge in [0.15, 0.2) is 0 Å². The van der Waals surface area contributed by atoms with Crippen LogP contribution in [0.15, 0.2) is 30.3 Å². The average Bonchev–Trinajstić information content (AvgIpc) is 3.47. The van der Waals surface area contributed by atoms with E-state index in [2.05, 4.69) is 42.2 Å². The first kappa shape index (κ1) is 20.2. The first-order valence-electron chi connectivity index (χ1n) is 12.7. The van der Waals surface area contributed by atoms with Crippen LogP contribution in [0.2, 0.25) is 0 Å². The summed E-state index contributed by atoms with van der Waals surface area (Å²) in [5.74, 6) is 1.93. The van der Waals surface area contributed by atoms with Crippen molar-refractivity contribution in [2.24, 2.45) is 29.1 Å². The second-order valence-electron chi connectivity index (χ2n) is 11.5. The minimum absolute atomic E-state index is 0.0675. The summed E-state index contributed by atoms with van der Waals surface area (Å²) >= 11 is 0. The number of ether oxygens (including phenoxy) is 2. The lowest BCUT2D eigenvalue weighted by molar-refractivity contribution is -0.147. The van der Waals surface area contributed by atoms with Crippen molar-refractivity contribution in [1.29, 1.82) is 0 Å². The molecule has 3 heterocycles. The fourth-order valence-electron chi connectivity index (χ4n) is 7.76. The molecule has 4 nitrogen and oxygen atoms in total. The standard InChI is InChI=1S/C27H37NO3/c1-26-10-5-11-27(18-30-27)24(26)15-21-22(25(29)31-23(21)16-26)17-28-12-8-20(9-13-28)14-19-6-3-2-4-7-19/h2-4,6-7,20-24H,5,8-18H2,1H3. The van der Waals surface area contributed by atoms with Gasteiger partial charge in [0.1, 0.15) is 6.10 Å². The minimum atomic E-state index is 0.0675. The molecule has 0 N–H and O–H groups in total. The van der Waals surface area contributed by atoms with Crippen LogP contribution in [0.5, 0.6) is 0 Å². The van der Waals surface area contributed by atoms with Crippen LogP contribution < -0.4 is 0 Å². The van der Waals surface area contributed by atoms with Crippen LogP contribution in [-0.4, -0.2) is 48.8 Å². The molecule has 168 valence electrons. The maximum absolute atomic E-state index is 12.9. The van der Waals surface area contributed by atoms with E-state index in [0.29, 0.717) is 17.3 Å². The van der Waals surface area contributed by atoms with E-state index in [-0.39, 0.29) is 23.6 Å². The summed E-state index contributed by atoms with van der Waals surface area (Å²) in [7, 11) is 0. The number of carbonyl (C=O) groups excluding carboxylic acids is 1. The van der Waals surface area contributed by atoms with Crippen LogP contribution in [0.4, 0.5) is 0 Å². The molecule has 3 aliphatic heterocycles. The summed E-state index contributed by atoms with van der Waals surface area (Å²) in [6, 6.07) is 10.9. The number of benzene rings is 1. The summed E-state index contributed by atoms with van der Waals surface area (Å²) in [6.07, 6.45) is 9.74. The molecule has 0 aromatic heterocycles. The molecule has 1 aromatic carbocycles. The molecule has 5 fully saturated rings. The van der Waals surface area contributed by atoms with Gasteiger partial charge < -0.3 is 14.4 Å². The number of hydrogen-bond donors (Lipinski definition) is 0. The van der Waals surface area contributed by atoms with Gasteiger partial charge in [-0.1, -0.05) is 37.3 Å². The largest absolute Gasteiger partial charge is 0.462 e. The van der Waals surface area contributed by atoms with E-state index >= 15 is 0 Å². The highest BCUT2D eigenvalue weighted by Crippen LogP contribution is 2.62. The van der Waals surface area contributed by atoms with Crippen molar-refractivity contribution in [3.63, 3.8) is 0 Å². The van der Waals surface area contributed by atoms with Crippen molar-refractivity contribution >= 4 is 5.97 Å². The minimum Gasteiger partial charge on any atom is -0.462 e. The number of rotatable bonds is 4. The fourth-order valence-corrected chi connectivity index (χ4v) is 7.76. The number of piperidine rings is 1. The van der Waals surface area contributed by atoms with Gasteiger partial charge in [0.25, 0.3) is 0 Å². The predicted molar refractivity (Wildman–Crippen MR) is 120 cm³/mol. The number of nitrogens with zero attached hydrogens (tertiary/aromatic N) is 1. The van der Waals surface area contributed by atoms with Crippen LogP contribution >= 0.6 is 0 Å². The summed E-state index contributed by atoms with van der Waals surface area (Å²) in [5.41, 5.74) is 1.89. The molecule has 0 amide bonds. The fraction of sp³-hybridized carbons (Fsp3) is 0.741. The molecule has 6 rings (SSSR count). The third-order valence-corrected chi connectivity index (χ3v) is 9.61. The number of esters is 1. The molecular formula is C27H37NO3. The summed E-state index contributed by atoms with van der Waals surface area (Å²) in [5, 5.41) is 0. The molecule has 6 atom stereocenters. The number of carbonyl (C=O) groups is 1. The van der Waals surface area contributed by atoms with Crippen molar-refractivity contribution in [3.05, 3.63) is 35.9 Å². The van der Waals surface area contributed by atoms with Crippen LogP contribution in [0.25, 0.3) is 0 Å². The van der Waals surface area contributed by atoms with Crippen LogP contribution in [0.3, 0.4) is 0 Å². The Kier molecular flexibility index (Phi) is 4.95. The molecular weight excluding hydrogens is 386 g/mol. The lowest BCUT2D eigenvalue weighted by Gasteiger charge is -2.51. The monoisotopic (exact) mass is 423 g/mol. The third-order valence-electron chi connectivity index (χ3n) is 9.61. The lowest BCUT2D eigenvalue weighted by Crippen LogP contribution is -2.51. The third kappa shape index (κ3) is 3.64. The van der Waals surface area contributed by atoms with E-state index in [1.807, 2.05) is 0 Å². The van der Waals surface area contributed by atoms with Crippen molar-refractivity contribution in [2.75, 3.05) is 26.2 Å². The Morgan fingerprint density at radius 1 is 1.13 bits per heavy atom. The molecule has 2 saturated carbocycles. The van der Waals surface area contributed by atoms with Gasteiger partial charge in [-0.2, -0.15) is 0 Å². The van der Waals surface area contributed by atoms with Gasteiger partial charge >= 0.3 is 5.97 Å². The van der Waals surface area contributed by atoms with Crippen molar-refractivity contribution in [1.82, 2.24) is 4.90 Å². The van der Waals surface area contributed by atoms with Crippen LogP contribution in [0, 0.1) is 29.1 Å². The van der Waals surface area contributed by atoms with E-state index in [9.17, 15) is 4.79 Å². The maximum Gasteiger partial charge on any atom is 0.310 e. The molecule has 2 aliphatic carbocycles. The smallest absolute Gasteiger partial charge is 0.310 e. The number of epoxide rings is 1. The molecule has 0 bridgehead atoms. The zero-order valence-corrected chi connectivity index (χ0v) is 18.9. The Balaban J connectivity index is 1.08. The average molecular weight is 424 g/mol. The summed E-state index contributed by atoms with van der Waals surface area (Å²) in [6.45, 7) is 6.52. The van der Waals surface area contributed by atoms with Gasteiger partial charge in [-0.05, 0) is 87.3 Å². The Labute approximate surface area is 186 Å². The Morgan fingerprint density at radius 2 is 1.90 bits per heavy atom. The second-order valence-corrected chi connectivity index (χ2v) is 11.5. The van der Waals surface area contributed by atoms with Crippen molar-refractivity contribution < 1.29 is 14.3 Å². The van der Waals surface area contributed by atoms with E-state index in [0.717, 1.165) is 45.0 Å². The SMILES string of the molecule is CC12CCCC3(CO3)C1CC1C(C2)OC(=O)C1CN1CCC(Cc2ccccc2)CC1. The predicted octanol–water partition coefficient (Wildman–Crippen LogP) is 4.47.